The molecule has 2 aliphatic carbocycles. The number of ether oxygens (including phenoxy) is 1. The van der Waals surface area contributed by atoms with Gasteiger partial charge in [0, 0.05) is 38.8 Å². The summed E-state index contributed by atoms with van der Waals surface area (Å²) in [6.07, 6.45) is 5.86. The predicted molar refractivity (Wildman–Crippen MR) is 130 cm³/mol. The van der Waals surface area contributed by atoms with Crippen LogP contribution in [0.15, 0.2) is 35.9 Å². The normalized spacial score (nSPS) is 30.1. The zero-order valence-electron chi connectivity index (χ0n) is 21.0. The molecule has 1 saturated carbocycles. The highest BCUT2D eigenvalue weighted by atomic mass is 16.5. The number of rotatable bonds is 7. The molecule has 5 nitrogen and oxygen atoms in total. The second-order valence-electron chi connectivity index (χ2n) is 10.2. The molecule has 1 radical (unpaired) electrons. The van der Waals surface area contributed by atoms with E-state index in [0.717, 1.165) is 18.4 Å². The molecule has 181 valence electrons. The molecule has 0 saturated heterocycles. The van der Waals surface area contributed by atoms with Crippen molar-refractivity contribution in [3.8, 4) is 0 Å². The SMILES string of the molecule is CCC(=O)N(Cc1ccccc1C)CC(C)[C@@H]1CC[C@@H](C)[C@]2(O)[CH][C@@H](OC(C)=O)C(C)=C[C@H]12. The van der Waals surface area contributed by atoms with Crippen LogP contribution in [0.25, 0.3) is 0 Å². The number of hydrogen-bond acceptors (Lipinski definition) is 4. The molecule has 33 heavy (non-hydrogen) atoms. The van der Waals surface area contributed by atoms with Gasteiger partial charge in [0.1, 0.15) is 6.10 Å². The molecule has 0 aliphatic heterocycles. The summed E-state index contributed by atoms with van der Waals surface area (Å²) >= 11 is 0. The number of carbonyl (C=O) groups is 2. The van der Waals surface area contributed by atoms with E-state index in [4.69, 9.17) is 4.74 Å². The Labute approximate surface area is 199 Å². The number of benzene rings is 1. The van der Waals surface area contributed by atoms with Crippen LogP contribution in [-0.4, -0.2) is 40.1 Å². The van der Waals surface area contributed by atoms with Crippen molar-refractivity contribution < 1.29 is 19.4 Å². The van der Waals surface area contributed by atoms with Crippen molar-refractivity contribution in [2.75, 3.05) is 6.54 Å². The van der Waals surface area contributed by atoms with Crippen LogP contribution in [0.5, 0.6) is 0 Å². The second kappa shape index (κ2) is 10.4. The molecule has 6 atom stereocenters. The molecule has 0 spiro atoms. The lowest BCUT2D eigenvalue weighted by Gasteiger charge is -2.53. The van der Waals surface area contributed by atoms with E-state index >= 15 is 0 Å². The maximum absolute atomic E-state index is 12.9. The zero-order valence-corrected chi connectivity index (χ0v) is 21.0. The van der Waals surface area contributed by atoms with Gasteiger partial charge in [-0.2, -0.15) is 0 Å². The maximum atomic E-state index is 12.9. The number of hydrogen-bond donors (Lipinski definition) is 1. The van der Waals surface area contributed by atoms with E-state index in [-0.39, 0.29) is 35.5 Å². The predicted octanol–water partition coefficient (Wildman–Crippen LogP) is 4.86. The van der Waals surface area contributed by atoms with E-state index in [1.54, 1.807) is 0 Å². The van der Waals surface area contributed by atoms with Crippen molar-refractivity contribution in [2.24, 2.45) is 23.7 Å². The van der Waals surface area contributed by atoms with Crippen LogP contribution < -0.4 is 0 Å². The minimum Gasteiger partial charge on any atom is -0.458 e. The van der Waals surface area contributed by atoms with Gasteiger partial charge in [-0.3, -0.25) is 9.59 Å². The minimum absolute atomic E-state index is 0.0555. The van der Waals surface area contributed by atoms with E-state index in [2.05, 4.69) is 39.0 Å². The third-order valence-electron chi connectivity index (χ3n) is 7.84. The van der Waals surface area contributed by atoms with Crippen LogP contribution in [0.4, 0.5) is 0 Å². The number of nitrogens with zero attached hydrogens (tertiary/aromatic N) is 1. The quantitative estimate of drug-likeness (QED) is 0.472. The third kappa shape index (κ3) is 5.51. The molecule has 1 N–H and O–H groups in total. The van der Waals surface area contributed by atoms with E-state index in [1.165, 1.54) is 18.1 Å². The van der Waals surface area contributed by atoms with E-state index in [0.29, 0.717) is 19.5 Å². The lowest BCUT2D eigenvalue weighted by atomic mass is 9.57. The standard InChI is InChI=1S/C28H40NO4/c1-7-27(31)29(17-23-11-9-8-10-18(23)2)16-20(4)24-13-12-21(5)28(32)15-26(33-22(6)30)19(3)14-25(24)28/h8-11,14-15,20-21,24-26,32H,7,12-13,16-17H2,1-6H3/t20?,21-,24+,25-,26-,28-/m1/s1. The summed E-state index contributed by atoms with van der Waals surface area (Å²) in [7, 11) is 0. The highest BCUT2D eigenvalue weighted by Gasteiger charge is 2.53. The summed E-state index contributed by atoms with van der Waals surface area (Å²) in [6, 6.07) is 8.22. The Hall–Kier alpha value is -2.14. The van der Waals surface area contributed by atoms with Crippen molar-refractivity contribution in [2.45, 2.75) is 79.1 Å². The molecule has 1 aromatic carbocycles. The van der Waals surface area contributed by atoms with Crippen molar-refractivity contribution in [1.29, 1.82) is 0 Å². The summed E-state index contributed by atoms with van der Waals surface area (Å²) in [5.41, 5.74) is 2.31. The first kappa shape index (κ1) is 25.5. The first-order valence-corrected chi connectivity index (χ1v) is 12.3. The van der Waals surface area contributed by atoms with Gasteiger partial charge in [-0.25, -0.2) is 0 Å². The fourth-order valence-corrected chi connectivity index (χ4v) is 5.71. The number of esters is 1. The Morgan fingerprint density at radius 3 is 2.58 bits per heavy atom. The van der Waals surface area contributed by atoms with Crippen LogP contribution in [0.2, 0.25) is 0 Å². The largest absolute Gasteiger partial charge is 0.458 e. The number of amides is 1. The summed E-state index contributed by atoms with van der Waals surface area (Å²) < 4.78 is 5.47. The first-order valence-electron chi connectivity index (χ1n) is 12.3. The highest BCUT2D eigenvalue weighted by molar-refractivity contribution is 5.75. The molecule has 1 unspecified atom stereocenters. The molecule has 3 rings (SSSR count). The summed E-state index contributed by atoms with van der Waals surface area (Å²) in [5, 5.41) is 11.8. The van der Waals surface area contributed by atoms with Crippen molar-refractivity contribution in [3.05, 3.63) is 53.5 Å². The van der Waals surface area contributed by atoms with Gasteiger partial charge in [-0.15, -0.1) is 0 Å². The Kier molecular flexibility index (Phi) is 8.04. The Morgan fingerprint density at radius 2 is 1.94 bits per heavy atom. The van der Waals surface area contributed by atoms with Gasteiger partial charge < -0.3 is 14.7 Å². The Morgan fingerprint density at radius 1 is 1.24 bits per heavy atom. The van der Waals surface area contributed by atoms with Crippen LogP contribution in [-0.2, 0) is 20.9 Å². The summed E-state index contributed by atoms with van der Waals surface area (Å²) in [5.74, 6) is 0.288. The number of fused-ring (bicyclic) bond motifs is 1. The highest BCUT2D eigenvalue weighted by Crippen LogP contribution is 2.50. The average molecular weight is 455 g/mol. The zero-order chi connectivity index (χ0) is 24.3. The second-order valence-corrected chi connectivity index (χ2v) is 10.2. The molecule has 1 amide bonds. The smallest absolute Gasteiger partial charge is 0.303 e. The van der Waals surface area contributed by atoms with Gasteiger partial charge in [0.25, 0.3) is 0 Å². The monoisotopic (exact) mass is 454 g/mol. The van der Waals surface area contributed by atoms with Gasteiger partial charge in [-0.1, -0.05) is 51.1 Å². The number of aliphatic hydroxyl groups is 1. The average Bonchev–Trinajstić information content (AvgIpc) is 2.76. The molecule has 0 aromatic heterocycles. The molecule has 2 aliphatic rings. The third-order valence-corrected chi connectivity index (χ3v) is 7.84. The Bertz CT molecular complexity index is 894. The lowest BCUT2D eigenvalue weighted by Crippen LogP contribution is -2.56. The van der Waals surface area contributed by atoms with E-state index in [1.807, 2.05) is 37.3 Å². The molecular formula is C28H40NO4. The van der Waals surface area contributed by atoms with Gasteiger partial charge >= 0.3 is 5.97 Å². The van der Waals surface area contributed by atoms with Crippen molar-refractivity contribution in [1.82, 2.24) is 4.90 Å². The van der Waals surface area contributed by atoms with Gasteiger partial charge in [0.05, 0.1) is 5.60 Å². The first-order chi connectivity index (χ1) is 15.6. The molecule has 5 heteroatoms. The maximum Gasteiger partial charge on any atom is 0.303 e. The van der Waals surface area contributed by atoms with Crippen molar-refractivity contribution in [3.63, 3.8) is 0 Å². The van der Waals surface area contributed by atoms with Crippen LogP contribution in [0.3, 0.4) is 0 Å². The van der Waals surface area contributed by atoms with Crippen LogP contribution >= 0.6 is 0 Å². The molecular weight excluding hydrogens is 414 g/mol. The van der Waals surface area contributed by atoms with Gasteiger partial charge in [0.15, 0.2) is 0 Å². The van der Waals surface area contributed by atoms with Crippen LogP contribution in [0.1, 0.15) is 65.0 Å². The van der Waals surface area contributed by atoms with Crippen LogP contribution in [0, 0.1) is 37.0 Å². The fraction of sp³-hybridized carbons (Fsp3) is 0.607. The molecule has 1 fully saturated rings. The number of aryl methyl sites for hydroxylation is 1. The van der Waals surface area contributed by atoms with Gasteiger partial charge in [-0.05, 0) is 61.1 Å². The van der Waals surface area contributed by atoms with Gasteiger partial charge in [0.2, 0.25) is 5.91 Å². The minimum atomic E-state index is -1.02. The topological polar surface area (TPSA) is 66.8 Å². The number of carbonyl (C=O) groups excluding carboxylic acids is 2. The van der Waals surface area contributed by atoms with E-state index < -0.39 is 11.7 Å². The Balaban J connectivity index is 1.83. The lowest BCUT2D eigenvalue weighted by molar-refractivity contribution is -0.148. The molecule has 1 aromatic rings. The fourth-order valence-electron chi connectivity index (χ4n) is 5.71. The van der Waals surface area contributed by atoms with E-state index in [9.17, 15) is 14.7 Å². The van der Waals surface area contributed by atoms with Crippen molar-refractivity contribution >= 4 is 11.9 Å². The molecule has 0 heterocycles. The summed E-state index contributed by atoms with van der Waals surface area (Å²) in [4.78, 5) is 26.4. The summed E-state index contributed by atoms with van der Waals surface area (Å²) in [6.45, 7) is 12.9. The molecule has 0 bridgehead atoms.